The Balaban J connectivity index is 3.25. The molecule has 0 saturated heterocycles. The minimum Gasteiger partial charge on any atom is -0.436 e. The molecule has 4 heteroatoms. The maximum Gasteiger partial charge on any atom is 0.405 e. The van der Waals surface area contributed by atoms with Gasteiger partial charge in [-0.15, -0.1) is 11.8 Å². The molecule has 0 aromatic rings. The first-order chi connectivity index (χ1) is 4.66. The molecule has 1 unspecified atom stereocenters. The van der Waals surface area contributed by atoms with Gasteiger partial charge in [0.05, 0.1) is 0 Å². The number of hydrogen-bond donors (Lipinski definition) is 1. The number of ether oxygens (including phenoxy) is 1. The van der Waals surface area contributed by atoms with Crippen LogP contribution in [0.3, 0.4) is 0 Å². The van der Waals surface area contributed by atoms with Crippen LogP contribution in [0.25, 0.3) is 0 Å². The van der Waals surface area contributed by atoms with Gasteiger partial charge in [0.15, 0.2) is 0 Å². The SMILES string of the molecule is CCCSC(C)OC(N)=O. The number of thioether (sulfide) groups is 1. The second-order valence-electron chi connectivity index (χ2n) is 1.88. The van der Waals surface area contributed by atoms with E-state index < -0.39 is 6.09 Å². The van der Waals surface area contributed by atoms with Crippen molar-refractivity contribution in [3.8, 4) is 0 Å². The van der Waals surface area contributed by atoms with Gasteiger partial charge in [-0.25, -0.2) is 4.79 Å². The number of rotatable bonds is 4. The number of carbonyl (C=O) groups excluding carboxylic acids is 1. The molecule has 60 valence electrons. The van der Waals surface area contributed by atoms with Crippen molar-refractivity contribution in [1.82, 2.24) is 0 Å². The van der Waals surface area contributed by atoms with Gasteiger partial charge in [-0.1, -0.05) is 6.92 Å². The van der Waals surface area contributed by atoms with Crippen LogP contribution in [-0.4, -0.2) is 17.3 Å². The standard InChI is InChI=1S/C6H13NO2S/c1-3-4-10-5(2)9-6(7)8/h5H,3-4H2,1-2H3,(H2,7,8). The van der Waals surface area contributed by atoms with E-state index in [4.69, 9.17) is 5.73 Å². The molecule has 3 nitrogen and oxygen atoms in total. The molecule has 0 aliphatic rings. The smallest absolute Gasteiger partial charge is 0.405 e. The Kier molecular flexibility index (Phi) is 5.20. The second-order valence-corrected chi connectivity index (χ2v) is 3.28. The highest BCUT2D eigenvalue weighted by molar-refractivity contribution is 7.99. The summed E-state index contributed by atoms with van der Waals surface area (Å²) in [6.45, 7) is 3.88. The van der Waals surface area contributed by atoms with E-state index in [0.29, 0.717) is 0 Å². The van der Waals surface area contributed by atoms with E-state index in [-0.39, 0.29) is 5.44 Å². The summed E-state index contributed by atoms with van der Waals surface area (Å²) in [6.07, 6.45) is 0.382. The number of primary amides is 1. The molecular weight excluding hydrogens is 150 g/mol. The summed E-state index contributed by atoms with van der Waals surface area (Å²) in [6, 6.07) is 0. The van der Waals surface area contributed by atoms with Gasteiger partial charge in [-0.05, 0) is 19.1 Å². The molecule has 0 radical (unpaired) electrons. The second kappa shape index (κ2) is 5.41. The van der Waals surface area contributed by atoms with Gasteiger partial charge in [0.1, 0.15) is 5.44 Å². The van der Waals surface area contributed by atoms with Crippen LogP contribution in [-0.2, 0) is 4.74 Å². The highest BCUT2D eigenvalue weighted by Crippen LogP contribution is 2.11. The fourth-order valence-corrected chi connectivity index (χ4v) is 1.21. The number of hydrogen-bond acceptors (Lipinski definition) is 3. The van der Waals surface area contributed by atoms with Crippen molar-refractivity contribution < 1.29 is 9.53 Å². The van der Waals surface area contributed by atoms with Gasteiger partial charge in [0.25, 0.3) is 0 Å². The minimum absolute atomic E-state index is 0.113. The van der Waals surface area contributed by atoms with Crippen LogP contribution in [0, 0.1) is 0 Å². The Morgan fingerprint density at radius 1 is 1.80 bits per heavy atom. The molecule has 0 aromatic carbocycles. The van der Waals surface area contributed by atoms with Crippen LogP contribution in [0.1, 0.15) is 20.3 Å². The molecule has 0 bridgehead atoms. The molecule has 0 aromatic heterocycles. The van der Waals surface area contributed by atoms with Gasteiger partial charge in [0.2, 0.25) is 0 Å². The zero-order chi connectivity index (χ0) is 7.98. The molecule has 0 spiro atoms. The van der Waals surface area contributed by atoms with Crippen molar-refractivity contribution in [2.75, 3.05) is 5.75 Å². The first-order valence-corrected chi connectivity index (χ1v) is 4.29. The van der Waals surface area contributed by atoms with Gasteiger partial charge < -0.3 is 10.5 Å². The Hall–Kier alpha value is -0.380. The van der Waals surface area contributed by atoms with Crippen molar-refractivity contribution in [3.63, 3.8) is 0 Å². The molecule has 2 N–H and O–H groups in total. The number of amides is 1. The lowest BCUT2D eigenvalue weighted by Crippen LogP contribution is -2.18. The first-order valence-electron chi connectivity index (χ1n) is 3.24. The monoisotopic (exact) mass is 163 g/mol. The zero-order valence-corrected chi connectivity index (χ0v) is 7.11. The average molecular weight is 163 g/mol. The third-order valence-electron chi connectivity index (χ3n) is 0.839. The quantitative estimate of drug-likeness (QED) is 0.640. The summed E-state index contributed by atoms with van der Waals surface area (Å²) in [5.74, 6) is 0.994. The maximum absolute atomic E-state index is 10.2. The van der Waals surface area contributed by atoms with Crippen molar-refractivity contribution in [3.05, 3.63) is 0 Å². The topological polar surface area (TPSA) is 52.3 Å². The largest absolute Gasteiger partial charge is 0.436 e. The van der Waals surface area contributed by atoms with Gasteiger partial charge >= 0.3 is 6.09 Å². The van der Waals surface area contributed by atoms with Gasteiger partial charge in [0, 0.05) is 0 Å². The predicted molar refractivity (Wildman–Crippen MR) is 42.9 cm³/mol. The molecule has 0 heterocycles. The molecule has 1 atom stereocenters. The summed E-state index contributed by atoms with van der Waals surface area (Å²) >= 11 is 1.58. The average Bonchev–Trinajstić information content (AvgIpc) is 1.82. The van der Waals surface area contributed by atoms with Crippen LogP contribution < -0.4 is 5.73 Å². The summed E-state index contributed by atoms with van der Waals surface area (Å²) in [5.41, 5.74) is 4.68. The highest BCUT2D eigenvalue weighted by Gasteiger charge is 2.03. The van der Waals surface area contributed by atoms with Crippen molar-refractivity contribution >= 4 is 17.9 Å². The Labute approximate surface area is 65.3 Å². The van der Waals surface area contributed by atoms with Crippen LogP contribution in [0.2, 0.25) is 0 Å². The van der Waals surface area contributed by atoms with Crippen molar-refractivity contribution in [2.45, 2.75) is 25.7 Å². The Morgan fingerprint density at radius 3 is 2.80 bits per heavy atom. The third-order valence-corrected chi connectivity index (χ3v) is 2.05. The zero-order valence-electron chi connectivity index (χ0n) is 6.29. The highest BCUT2D eigenvalue weighted by atomic mass is 32.2. The fraction of sp³-hybridized carbons (Fsp3) is 0.833. The third kappa shape index (κ3) is 5.75. The predicted octanol–water partition coefficient (Wildman–Crippen LogP) is 1.57. The van der Waals surface area contributed by atoms with E-state index in [0.717, 1.165) is 12.2 Å². The van der Waals surface area contributed by atoms with Gasteiger partial charge in [-0.2, -0.15) is 0 Å². The van der Waals surface area contributed by atoms with Crippen LogP contribution in [0.4, 0.5) is 4.79 Å². The number of carbonyl (C=O) groups is 1. The van der Waals surface area contributed by atoms with Crippen molar-refractivity contribution in [2.24, 2.45) is 5.73 Å². The molecule has 0 fully saturated rings. The summed E-state index contributed by atoms with van der Waals surface area (Å²) < 4.78 is 4.65. The summed E-state index contributed by atoms with van der Waals surface area (Å²) in [4.78, 5) is 10.2. The molecular formula is C6H13NO2S. The van der Waals surface area contributed by atoms with E-state index in [2.05, 4.69) is 11.7 Å². The molecule has 1 amide bonds. The van der Waals surface area contributed by atoms with E-state index >= 15 is 0 Å². The molecule has 0 saturated carbocycles. The van der Waals surface area contributed by atoms with E-state index in [1.165, 1.54) is 0 Å². The van der Waals surface area contributed by atoms with E-state index in [1.807, 2.05) is 6.92 Å². The summed E-state index contributed by atoms with van der Waals surface area (Å²) in [7, 11) is 0. The molecule has 0 aliphatic carbocycles. The fourth-order valence-electron chi connectivity index (χ4n) is 0.481. The molecule has 0 rings (SSSR count). The van der Waals surface area contributed by atoms with E-state index in [1.54, 1.807) is 11.8 Å². The first kappa shape index (κ1) is 9.62. The number of nitrogens with two attached hydrogens (primary N) is 1. The van der Waals surface area contributed by atoms with E-state index in [9.17, 15) is 4.79 Å². The van der Waals surface area contributed by atoms with Crippen molar-refractivity contribution in [1.29, 1.82) is 0 Å². The lowest BCUT2D eigenvalue weighted by molar-refractivity contribution is 0.152. The molecule has 0 aliphatic heterocycles. The lowest BCUT2D eigenvalue weighted by atomic mass is 10.6. The van der Waals surface area contributed by atoms with Crippen LogP contribution in [0.5, 0.6) is 0 Å². The Morgan fingerprint density at radius 2 is 2.40 bits per heavy atom. The molecule has 10 heavy (non-hydrogen) atoms. The summed E-state index contributed by atoms with van der Waals surface area (Å²) in [5, 5.41) is 0. The van der Waals surface area contributed by atoms with Crippen LogP contribution >= 0.6 is 11.8 Å². The van der Waals surface area contributed by atoms with Crippen LogP contribution in [0.15, 0.2) is 0 Å². The lowest BCUT2D eigenvalue weighted by Gasteiger charge is -2.08. The normalized spacial score (nSPS) is 12.6. The van der Waals surface area contributed by atoms with Gasteiger partial charge in [-0.3, -0.25) is 0 Å². The minimum atomic E-state index is -0.698. The Bertz CT molecular complexity index is 108. The maximum atomic E-state index is 10.2.